The second kappa shape index (κ2) is 73.4. The molecular formula is C81H126NO8P. The predicted octanol–water partition coefficient (Wildman–Crippen LogP) is 23.6. The van der Waals surface area contributed by atoms with Crippen LogP contribution in [0.1, 0.15) is 245 Å². The van der Waals surface area contributed by atoms with Gasteiger partial charge >= 0.3 is 19.8 Å². The van der Waals surface area contributed by atoms with E-state index in [9.17, 15) is 19.0 Å². The zero-order valence-corrected chi connectivity index (χ0v) is 57.9. The number of esters is 2. The Morgan fingerprint density at radius 1 is 0.330 bits per heavy atom. The molecule has 0 aliphatic rings. The summed E-state index contributed by atoms with van der Waals surface area (Å²) in [6.07, 6.45) is 114. The Morgan fingerprint density at radius 3 is 0.846 bits per heavy atom. The lowest BCUT2D eigenvalue weighted by atomic mass is 10.1. The number of ether oxygens (including phenoxy) is 2. The molecule has 2 atom stereocenters. The van der Waals surface area contributed by atoms with E-state index in [1.165, 1.54) is 25.7 Å². The summed E-state index contributed by atoms with van der Waals surface area (Å²) < 4.78 is 33.1. The molecule has 0 aliphatic heterocycles. The van der Waals surface area contributed by atoms with Crippen LogP contribution < -0.4 is 5.73 Å². The van der Waals surface area contributed by atoms with Gasteiger partial charge in [0.25, 0.3) is 0 Å². The van der Waals surface area contributed by atoms with Crippen molar-refractivity contribution in [1.82, 2.24) is 0 Å². The molecule has 0 aromatic rings. The molecule has 0 saturated carbocycles. The van der Waals surface area contributed by atoms with E-state index in [2.05, 4.69) is 233 Å². The third kappa shape index (κ3) is 73.3. The summed E-state index contributed by atoms with van der Waals surface area (Å²) >= 11 is 0. The van der Waals surface area contributed by atoms with Gasteiger partial charge in [0.2, 0.25) is 0 Å². The molecule has 9 nitrogen and oxygen atoms in total. The van der Waals surface area contributed by atoms with E-state index in [1.807, 2.05) is 0 Å². The molecular weight excluding hydrogens is 1150 g/mol. The van der Waals surface area contributed by atoms with Crippen molar-refractivity contribution in [1.29, 1.82) is 0 Å². The number of phosphoric acid groups is 1. The van der Waals surface area contributed by atoms with Crippen molar-refractivity contribution in [2.24, 2.45) is 5.73 Å². The Hall–Kier alpha value is -5.67. The molecule has 0 aromatic carbocycles. The lowest BCUT2D eigenvalue weighted by Crippen LogP contribution is -2.29. The van der Waals surface area contributed by atoms with Crippen LogP contribution >= 0.6 is 7.82 Å². The van der Waals surface area contributed by atoms with Gasteiger partial charge in [0, 0.05) is 19.4 Å². The number of rotatable bonds is 63. The number of carbonyl (C=O) groups excluding carboxylic acids is 2. The molecule has 0 heterocycles. The second-order valence-corrected chi connectivity index (χ2v) is 23.7. The minimum atomic E-state index is -4.42. The third-order valence-corrected chi connectivity index (χ3v) is 14.8. The molecule has 0 fully saturated rings. The SMILES string of the molecule is CC/C=C\C/C=C\C/C=C\C/C=C\C/C=C\C/C=C\C/C=C\C/C=C\C/C=C\C/C=C\CCCCCCCCC(=O)OC(COC(=O)CCCCCCCCCC/C=C\C/C=C\C/C=C\C/C=C\C/C=C\C/C=C\C/C=C\C/C=C\CC)COP(=O)(O)OCCN. The minimum absolute atomic E-state index is 0.0374. The Bertz CT molecular complexity index is 2290. The van der Waals surface area contributed by atoms with Crippen molar-refractivity contribution in [3.63, 3.8) is 0 Å². The summed E-state index contributed by atoms with van der Waals surface area (Å²) in [7, 11) is -4.42. The van der Waals surface area contributed by atoms with Crippen LogP contribution in [0.4, 0.5) is 0 Å². The molecule has 0 bridgehead atoms. The average Bonchev–Trinajstić information content (AvgIpc) is 3.74. The van der Waals surface area contributed by atoms with Crippen LogP contribution in [-0.2, 0) is 32.7 Å². The van der Waals surface area contributed by atoms with Crippen LogP contribution in [0.15, 0.2) is 219 Å². The highest BCUT2D eigenvalue weighted by molar-refractivity contribution is 7.47. The monoisotopic (exact) mass is 1270 g/mol. The first-order chi connectivity index (χ1) is 44.8. The van der Waals surface area contributed by atoms with Crippen LogP contribution in [0.5, 0.6) is 0 Å². The van der Waals surface area contributed by atoms with Crippen molar-refractivity contribution in [2.45, 2.75) is 251 Å². The van der Waals surface area contributed by atoms with E-state index in [0.29, 0.717) is 12.8 Å². The van der Waals surface area contributed by atoms with Gasteiger partial charge in [-0.2, -0.15) is 0 Å². The maximum atomic E-state index is 12.8. The fraction of sp³-hybridized carbons (Fsp3) is 0.531. The Kier molecular flexibility index (Phi) is 68.8. The smallest absolute Gasteiger partial charge is 0.462 e. The summed E-state index contributed by atoms with van der Waals surface area (Å²) in [5.74, 6) is -0.871. The predicted molar refractivity (Wildman–Crippen MR) is 394 cm³/mol. The van der Waals surface area contributed by atoms with Gasteiger partial charge < -0.3 is 20.1 Å². The minimum Gasteiger partial charge on any atom is -0.462 e. The number of nitrogens with two attached hydrogens (primary N) is 1. The number of hydrogen-bond donors (Lipinski definition) is 2. The zero-order valence-electron chi connectivity index (χ0n) is 57.0. The Morgan fingerprint density at radius 2 is 0.571 bits per heavy atom. The zero-order chi connectivity index (χ0) is 65.8. The summed E-state index contributed by atoms with van der Waals surface area (Å²) in [5, 5.41) is 0. The largest absolute Gasteiger partial charge is 0.472 e. The van der Waals surface area contributed by atoms with E-state index >= 15 is 0 Å². The molecule has 91 heavy (non-hydrogen) atoms. The first-order valence-electron chi connectivity index (χ1n) is 35.2. The number of carbonyl (C=O) groups is 2. The molecule has 10 heteroatoms. The van der Waals surface area contributed by atoms with Crippen molar-refractivity contribution in [3.05, 3.63) is 219 Å². The quantitative estimate of drug-likeness (QED) is 0.0264. The topological polar surface area (TPSA) is 134 Å². The van der Waals surface area contributed by atoms with Gasteiger partial charge in [0.1, 0.15) is 6.61 Å². The molecule has 2 unspecified atom stereocenters. The van der Waals surface area contributed by atoms with Gasteiger partial charge in [-0.1, -0.05) is 297 Å². The lowest BCUT2D eigenvalue weighted by molar-refractivity contribution is -0.161. The van der Waals surface area contributed by atoms with Gasteiger partial charge in [0.15, 0.2) is 6.10 Å². The van der Waals surface area contributed by atoms with Crippen molar-refractivity contribution in [2.75, 3.05) is 26.4 Å². The molecule has 0 spiro atoms. The van der Waals surface area contributed by atoms with Gasteiger partial charge in [-0.15, -0.1) is 0 Å². The summed E-state index contributed by atoms with van der Waals surface area (Å²) in [6, 6.07) is 0. The summed E-state index contributed by atoms with van der Waals surface area (Å²) in [5.41, 5.74) is 5.40. The molecule has 0 aliphatic carbocycles. The maximum absolute atomic E-state index is 12.8. The maximum Gasteiger partial charge on any atom is 0.472 e. The van der Waals surface area contributed by atoms with Gasteiger partial charge in [0.05, 0.1) is 13.2 Å². The number of hydrogen-bond acceptors (Lipinski definition) is 8. The fourth-order valence-corrected chi connectivity index (χ4v) is 9.50. The normalized spacial score (nSPS) is 14.3. The van der Waals surface area contributed by atoms with E-state index in [-0.39, 0.29) is 32.6 Å². The summed E-state index contributed by atoms with van der Waals surface area (Å²) in [6.45, 7) is 3.46. The number of allylic oxidation sites excluding steroid dienone is 36. The fourth-order valence-electron chi connectivity index (χ4n) is 8.74. The highest BCUT2D eigenvalue weighted by atomic mass is 31.2. The molecule has 508 valence electrons. The van der Waals surface area contributed by atoms with E-state index in [1.54, 1.807) is 0 Å². The molecule has 0 aromatic heterocycles. The Balaban J connectivity index is 4.05. The average molecular weight is 1270 g/mol. The van der Waals surface area contributed by atoms with Gasteiger partial charge in [-0.05, 0) is 154 Å². The third-order valence-electron chi connectivity index (χ3n) is 13.9. The van der Waals surface area contributed by atoms with Crippen molar-refractivity contribution < 1.29 is 37.6 Å². The van der Waals surface area contributed by atoms with Crippen LogP contribution in [0.3, 0.4) is 0 Å². The molecule has 0 amide bonds. The van der Waals surface area contributed by atoms with Gasteiger partial charge in [-0.25, -0.2) is 4.57 Å². The van der Waals surface area contributed by atoms with Crippen LogP contribution in [0, 0.1) is 0 Å². The van der Waals surface area contributed by atoms with Crippen molar-refractivity contribution >= 4 is 19.8 Å². The van der Waals surface area contributed by atoms with E-state index in [4.69, 9.17) is 24.3 Å². The molecule has 0 radical (unpaired) electrons. The van der Waals surface area contributed by atoms with Crippen LogP contribution in [0.25, 0.3) is 0 Å². The van der Waals surface area contributed by atoms with E-state index < -0.39 is 32.5 Å². The van der Waals surface area contributed by atoms with E-state index in [0.717, 1.165) is 180 Å². The highest BCUT2D eigenvalue weighted by Crippen LogP contribution is 2.43. The molecule has 0 saturated heterocycles. The number of phosphoric ester groups is 1. The first-order valence-corrected chi connectivity index (χ1v) is 36.7. The molecule has 3 N–H and O–H groups in total. The highest BCUT2D eigenvalue weighted by Gasteiger charge is 2.26. The molecule has 0 rings (SSSR count). The number of unbranched alkanes of at least 4 members (excludes halogenated alkanes) is 14. The first kappa shape index (κ1) is 85.3. The van der Waals surface area contributed by atoms with Crippen molar-refractivity contribution in [3.8, 4) is 0 Å². The van der Waals surface area contributed by atoms with Crippen LogP contribution in [-0.4, -0.2) is 49.3 Å². The lowest BCUT2D eigenvalue weighted by Gasteiger charge is -2.19. The standard InChI is InChI=1S/C81H126NO8P/c1-3-5-7-9-11-13-15-17-19-21-23-25-27-29-31-33-35-37-38-39-40-42-44-46-48-50-52-54-56-58-60-62-64-66-68-70-72-74-81(84)90-79(78-89-91(85,86)88-76-75-82)77-87-80(83)73-71-69-67-65-63-61-59-57-55-53-51-49-47-45-43-41-36-34-32-30-28-26-24-22-20-18-16-14-12-10-8-6-4-2/h5-8,11-14,17-20,23-26,29-32,35-37,39-41,44-47,50-53,56,58,79H,3-4,9-10,15-16,21-22,27-28,33-34,38,42-43,48-49,54-55,57,59-78,82H2,1-2H3,(H,85,86)/b7-5-,8-6-,13-11-,14-12-,19-17-,20-18-,25-23-,26-24-,31-29-,32-30-,37-35-,40-39-,41-36-,46-44-,47-45-,52-50-,53-51-,58-56-. The van der Waals surface area contributed by atoms with Crippen LogP contribution in [0.2, 0.25) is 0 Å². The Labute approximate surface area is 556 Å². The second-order valence-electron chi connectivity index (χ2n) is 22.3. The van der Waals surface area contributed by atoms with Gasteiger partial charge in [-0.3, -0.25) is 18.6 Å². The summed E-state index contributed by atoms with van der Waals surface area (Å²) in [4.78, 5) is 35.4.